The van der Waals surface area contributed by atoms with Gasteiger partial charge < -0.3 is 14.8 Å². The Balaban J connectivity index is 2.36. The molecule has 0 fully saturated rings. The van der Waals surface area contributed by atoms with E-state index >= 15 is 0 Å². The van der Waals surface area contributed by atoms with Crippen molar-refractivity contribution in [2.45, 2.75) is 40.3 Å². The highest BCUT2D eigenvalue weighted by Gasteiger charge is 2.22. The molecule has 1 heterocycles. The summed E-state index contributed by atoms with van der Waals surface area (Å²) >= 11 is 0. The van der Waals surface area contributed by atoms with Crippen molar-refractivity contribution in [3.63, 3.8) is 0 Å². The Morgan fingerprint density at radius 2 is 1.60 bits per heavy atom. The molecule has 2 aromatic rings. The first kappa shape index (κ1) is 23.3. The molecule has 8 heteroatoms. The molecule has 0 spiro atoms. The fourth-order valence-corrected chi connectivity index (χ4v) is 3.04. The number of nitrogens with one attached hydrogen (secondary N) is 1. The highest BCUT2D eigenvalue weighted by Crippen LogP contribution is 2.11. The molecule has 1 aromatic carbocycles. The quantitative estimate of drug-likeness (QED) is 0.748. The molecular formula is C22H27F2N3O3. The minimum atomic E-state index is -0.762. The van der Waals surface area contributed by atoms with Crippen LogP contribution < -0.4 is 10.7 Å². The summed E-state index contributed by atoms with van der Waals surface area (Å²) < 4.78 is 28.3. The number of pyridine rings is 1. The molecule has 0 bridgehead atoms. The van der Waals surface area contributed by atoms with E-state index in [-0.39, 0.29) is 35.2 Å². The number of carbonyl (C=O) groups is 2. The molecule has 0 saturated carbocycles. The number of aromatic nitrogens is 1. The van der Waals surface area contributed by atoms with E-state index in [2.05, 4.69) is 5.32 Å². The Kier molecular flexibility index (Phi) is 7.48. The van der Waals surface area contributed by atoms with E-state index in [9.17, 15) is 23.2 Å². The fraction of sp³-hybridized carbons (Fsp3) is 0.409. The van der Waals surface area contributed by atoms with Crippen LogP contribution in [0.5, 0.6) is 0 Å². The Hall–Kier alpha value is -3.03. The van der Waals surface area contributed by atoms with Crippen molar-refractivity contribution >= 4 is 11.8 Å². The lowest BCUT2D eigenvalue weighted by atomic mass is 10.1. The summed E-state index contributed by atoms with van der Waals surface area (Å²) in [5.74, 6) is -2.50. The lowest BCUT2D eigenvalue weighted by Crippen LogP contribution is -2.37. The zero-order valence-electron chi connectivity index (χ0n) is 17.8. The molecule has 162 valence electrons. The number of carbonyl (C=O) groups excluding carboxylic acids is 2. The van der Waals surface area contributed by atoms with Crippen LogP contribution in [-0.2, 0) is 6.54 Å². The molecule has 0 aliphatic heterocycles. The zero-order chi connectivity index (χ0) is 22.6. The molecule has 0 aliphatic carbocycles. The normalized spacial score (nSPS) is 11.1. The van der Waals surface area contributed by atoms with Gasteiger partial charge in [0.05, 0.1) is 0 Å². The summed E-state index contributed by atoms with van der Waals surface area (Å²) in [6, 6.07) is 2.82. The monoisotopic (exact) mass is 419 g/mol. The van der Waals surface area contributed by atoms with Crippen molar-refractivity contribution in [1.82, 2.24) is 14.8 Å². The largest absolute Gasteiger partial charge is 0.350 e. The topological polar surface area (TPSA) is 71.4 Å². The summed E-state index contributed by atoms with van der Waals surface area (Å²) in [6.07, 6.45) is 2.83. The standard InChI is InChI=1S/C22H27F2N3O3/c1-13(2)10-26(5)22(30)19-12-27(14(3)4)11-18(20(19)28)21(29)25-9-15-6-16(23)8-17(24)7-15/h6-8,11-14H,9-10H2,1-5H3,(H,25,29). The number of amides is 2. The number of nitrogens with zero attached hydrogens (tertiary/aromatic N) is 2. The lowest BCUT2D eigenvalue weighted by molar-refractivity contribution is 0.0777. The molecule has 6 nitrogen and oxygen atoms in total. The molecule has 2 rings (SSSR count). The van der Waals surface area contributed by atoms with Crippen LogP contribution in [0.15, 0.2) is 35.4 Å². The molecule has 0 atom stereocenters. The van der Waals surface area contributed by atoms with Gasteiger partial charge in [0, 0.05) is 44.6 Å². The summed E-state index contributed by atoms with van der Waals surface area (Å²) in [6.45, 7) is 7.91. The first-order valence-electron chi connectivity index (χ1n) is 9.74. The van der Waals surface area contributed by atoms with E-state index in [1.807, 2.05) is 27.7 Å². The molecule has 0 aliphatic rings. The molecule has 0 unspecified atom stereocenters. The zero-order valence-corrected chi connectivity index (χ0v) is 17.8. The van der Waals surface area contributed by atoms with Crippen molar-refractivity contribution in [3.8, 4) is 0 Å². The van der Waals surface area contributed by atoms with E-state index in [1.54, 1.807) is 11.6 Å². The van der Waals surface area contributed by atoms with Gasteiger partial charge >= 0.3 is 0 Å². The number of benzene rings is 1. The molecule has 30 heavy (non-hydrogen) atoms. The van der Waals surface area contributed by atoms with Crippen LogP contribution >= 0.6 is 0 Å². The van der Waals surface area contributed by atoms with Gasteiger partial charge in [-0.05, 0) is 37.5 Å². The van der Waals surface area contributed by atoms with Gasteiger partial charge in [-0.25, -0.2) is 8.78 Å². The third-order valence-corrected chi connectivity index (χ3v) is 4.48. The Bertz CT molecular complexity index is 979. The Morgan fingerprint density at radius 3 is 2.13 bits per heavy atom. The van der Waals surface area contributed by atoms with Gasteiger partial charge in [-0.1, -0.05) is 13.8 Å². The highest BCUT2D eigenvalue weighted by atomic mass is 19.1. The molecule has 1 N–H and O–H groups in total. The van der Waals surface area contributed by atoms with Gasteiger partial charge in [0.25, 0.3) is 11.8 Å². The van der Waals surface area contributed by atoms with Gasteiger partial charge in [-0.2, -0.15) is 0 Å². The van der Waals surface area contributed by atoms with Crippen molar-refractivity contribution < 1.29 is 18.4 Å². The maximum atomic E-state index is 13.3. The summed E-state index contributed by atoms with van der Waals surface area (Å²) in [5.41, 5.74) is -0.773. The number of hydrogen-bond donors (Lipinski definition) is 1. The van der Waals surface area contributed by atoms with E-state index in [4.69, 9.17) is 0 Å². The van der Waals surface area contributed by atoms with Crippen LogP contribution in [0.1, 0.15) is 60.0 Å². The number of halogens is 2. The molecule has 1 aromatic heterocycles. The molecule has 0 saturated heterocycles. The average Bonchev–Trinajstić information content (AvgIpc) is 2.64. The Morgan fingerprint density at radius 1 is 1.03 bits per heavy atom. The van der Waals surface area contributed by atoms with E-state index in [1.165, 1.54) is 17.3 Å². The van der Waals surface area contributed by atoms with E-state index < -0.39 is 28.9 Å². The Labute approximate surface area is 174 Å². The van der Waals surface area contributed by atoms with Crippen molar-refractivity contribution in [2.24, 2.45) is 5.92 Å². The van der Waals surface area contributed by atoms with Crippen LogP contribution in [0.3, 0.4) is 0 Å². The summed E-state index contributed by atoms with van der Waals surface area (Å²) in [7, 11) is 1.60. The second-order valence-corrected chi connectivity index (χ2v) is 8.00. The van der Waals surface area contributed by atoms with Gasteiger partial charge in [-0.15, -0.1) is 0 Å². The van der Waals surface area contributed by atoms with Gasteiger partial charge in [-0.3, -0.25) is 14.4 Å². The fourth-order valence-electron chi connectivity index (χ4n) is 3.04. The first-order valence-corrected chi connectivity index (χ1v) is 9.74. The van der Waals surface area contributed by atoms with Crippen LogP contribution in [0, 0.1) is 17.6 Å². The van der Waals surface area contributed by atoms with Crippen molar-refractivity contribution in [3.05, 3.63) is 69.1 Å². The van der Waals surface area contributed by atoms with E-state index in [0.29, 0.717) is 6.54 Å². The second-order valence-electron chi connectivity index (χ2n) is 8.00. The second kappa shape index (κ2) is 9.65. The maximum absolute atomic E-state index is 13.3. The van der Waals surface area contributed by atoms with Crippen molar-refractivity contribution in [1.29, 1.82) is 0 Å². The van der Waals surface area contributed by atoms with Crippen LogP contribution in [0.25, 0.3) is 0 Å². The summed E-state index contributed by atoms with van der Waals surface area (Å²) in [4.78, 5) is 39.8. The lowest BCUT2D eigenvalue weighted by Gasteiger charge is -2.21. The van der Waals surface area contributed by atoms with Gasteiger partial charge in [0.2, 0.25) is 5.43 Å². The third-order valence-electron chi connectivity index (χ3n) is 4.48. The SMILES string of the molecule is CC(C)CN(C)C(=O)c1cn(C(C)C)cc(C(=O)NCc2cc(F)cc(F)c2)c1=O. The van der Waals surface area contributed by atoms with Crippen LogP contribution in [-0.4, -0.2) is 34.9 Å². The predicted octanol–water partition coefficient (Wildman–Crippen LogP) is 3.37. The van der Waals surface area contributed by atoms with Gasteiger partial charge in [0.1, 0.15) is 22.8 Å². The van der Waals surface area contributed by atoms with Crippen molar-refractivity contribution in [2.75, 3.05) is 13.6 Å². The first-order chi connectivity index (χ1) is 14.0. The molecule has 0 radical (unpaired) electrons. The number of rotatable bonds is 7. The smallest absolute Gasteiger partial charge is 0.259 e. The minimum absolute atomic E-state index is 0.101. The molecule has 2 amide bonds. The predicted molar refractivity (Wildman–Crippen MR) is 110 cm³/mol. The van der Waals surface area contributed by atoms with Gasteiger partial charge in [0.15, 0.2) is 0 Å². The average molecular weight is 419 g/mol. The van der Waals surface area contributed by atoms with E-state index in [0.717, 1.165) is 18.2 Å². The number of hydrogen-bond acceptors (Lipinski definition) is 3. The van der Waals surface area contributed by atoms with Crippen LogP contribution in [0.2, 0.25) is 0 Å². The third kappa shape index (κ3) is 5.75. The maximum Gasteiger partial charge on any atom is 0.259 e. The minimum Gasteiger partial charge on any atom is -0.350 e. The summed E-state index contributed by atoms with van der Waals surface area (Å²) in [5, 5.41) is 2.49. The van der Waals surface area contributed by atoms with Crippen LogP contribution in [0.4, 0.5) is 8.78 Å². The highest BCUT2D eigenvalue weighted by molar-refractivity contribution is 5.99. The molecular weight excluding hydrogens is 392 g/mol.